The van der Waals surface area contributed by atoms with E-state index in [1.54, 1.807) is 16.8 Å². The van der Waals surface area contributed by atoms with Crippen molar-refractivity contribution in [1.29, 1.82) is 0 Å². The normalized spacial score (nSPS) is 15.2. The Hall–Kier alpha value is -2.44. The molecule has 1 aromatic carbocycles. The number of para-hydroxylation sites is 1. The van der Waals surface area contributed by atoms with Gasteiger partial charge in [0.2, 0.25) is 0 Å². The lowest BCUT2D eigenvalue weighted by Crippen LogP contribution is -2.39. The number of benzene rings is 1. The molecule has 0 saturated carbocycles. The van der Waals surface area contributed by atoms with E-state index in [4.69, 9.17) is 4.74 Å². The van der Waals surface area contributed by atoms with Crippen LogP contribution in [0.4, 0.5) is 5.69 Å². The van der Waals surface area contributed by atoms with Gasteiger partial charge in [-0.1, -0.05) is 18.2 Å². The number of amides is 1. The summed E-state index contributed by atoms with van der Waals surface area (Å²) in [6, 6.07) is 12.3. The van der Waals surface area contributed by atoms with Crippen LogP contribution in [0, 0.1) is 0 Å². The molecule has 2 heterocycles. The van der Waals surface area contributed by atoms with E-state index < -0.39 is 0 Å². The predicted molar refractivity (Wildman–Crippen MR) is 92.4 cm³/mol. The number of pyridine rings is 1. The quantitative estimate of drug-likeness (QED) is 0.902. The second-order valence-corrected chi connectivity index (χ2v) is 5.72. The molecule has 126 valence electrons. The minimum absolute atomic E-state index is 0.0977. The molecular formula is C18H21N3O3. The van der Waals surface area contributed by atoms with E-state index in [0.29, 0.717) is 12.1 Å². The Balaban J connectivity index is 1.66. The van der Waals surface area contributed by atoms with Gasteiger partial charge in [0.25, 0.3) is 11.5 Å². The number of ether oxygens (including phenoxy) is 1. The van der Waals surface area contributed by atoms with Crippen LogP contribution < -0.4 is 10.9 Å². The number of nitrogens with one attached hydrogen (secondary N) is 1. The van der Waals surface area contributed by atoms with Gasteiger partial charge in [0.1, 0.15) is 0 Å². The molecule has 24 heavy (non-hydrogen) atoms. The van der Waals surface area contributed by atoms with E-state index in [0.717, 1.165) is 38.5 Å². The van der Waals surface area contributed by atoms with Crippen LogP contribution >= 0.6 is 0 Å². The van der Waals surface area contributed by atoms with E-state index in [1.807, 2.05) is 30.3 Å². The molecule has 1 N–H and O–H groups in total. The molecule has 0 aliphatic carbocycles. The highest BCUT2D eigenvalue weighted by Gasteiger charge is 2.12. The number of carbonyl (C=O) groups excluding carboxylic acids is 1. The molecule has 0 bridgehead atoms. The van der Waals surface area contributed by atoms with Gasteiger partial charge >= 0.3 is 0 Å². The molecule has 1 saturated heterocycles. The molecule has 1 aliphatic heterocycles. The van der Waals surface area contributed by atoms with E-state index in [2.05, 4.69) is 10.2 Å². The van der Waals surface area contributed by atoms with Crippen LogP contribution in [0.2, 0.25) is 0 Å². The van der Waals surface area contributed by atoms with Crippen molar-refractivity contribution in [2.24, 2.45) is 0 Å². The van der Waals surface area contributed by atoms with Crippen molar-refractivity contribution in [3.63, 3.8) is 0 Å². The lowest BCUT2D eigenvalue weighted by atomic mass is 10.2. The second-order valence-electron chi connectivity index (χ2n) is 5.72. The maximum Gasteiger partial charge on any atom is 0.257 e. The predicted octanol–water partition coefficient (Wildman–Crippen LogP) is 1.43. The standard InChI is InChI=1S/C18H21N3O3/c22-17-7-6-15(18(23)19-16-4-2-1-3-5-16)14-21(17)9-8-20-10-12-24-13-11-20/h1-7,14H,8-13H2,(H,19,23). The smallest absolute Gasteiger partial charge is 0.257 e. The lowest BCUT2D eigenvalue weighted by Gasteiger charge is -2.26. The zero-order chi connectivity index (χ0) is 16.8. The van der Waals surface area contributed by atoms with Crippen LogP contribution in [-0.4, -0.2) is 48.2 Å². The lowest BCUT2D eigenvalue weighted by molar-refractivity contribution is 0.0363. The summed E-state index contributed by atoms with van der Waals surface area (Å²) < 4.78 is 6.91. The van der Waals surface area contributed by atoms with Gasteiger partial charge in [-0.2, -0.15) is 0 Å². The second kappa shape index (κ2) is 7.90. The molecule has 2 aromatic rings. The first-order valence-electron chi connectivity index (χ1n) is 8.09. The summed E-state index contributed by atoms with van der Waals surface area (Å²) in [7, 11) is 0. The van der Waals surface area contributed by atoms with Crippen LogP contribution in [0.25, 0.3) is 0 Å². The third-order valence-electron chi connectivity index (χ3n) is 4.04. The van der Waals surface area contributed by atoms with Crippen LogP contribution in [0.15, 0.2) is 53.5 Å². The van der Waals surface area contributed by atoms with Gasteiger partial charge in [0.15, 0.2) is 0 Å². The minimum Gasteiger partial charge on any atom is -0.379 e. The fourth-order valence-corrected chi connectivity index (χ4v) is 2.64. The van der Waals surface area contributed by atoms with E-state index in [-0.39, 0.29) is 11.5 Å². The van der Waals surface area contributed by atoms with E-state index >= 15 is 0 Å². The molecule has 3 rings (SSSR count). The molecule has 1 aromatic heterocycles. The Morgan fingerprint density at radius 3 is 2.54 bits per heavy atom. The van der Waals surface area contributed by atoms with Gasteiger partial charge in [-0.15, -0.1) is 0 Å². The molecule has 6 nitrogen and oxygen atoms in total. The molecule has 6 heteroatoms. The molecule has 0 spiro atoms. The van der Waals surface area contributed by atoms with E-state index in [9.17, 15) is 9.59 Å². The number of rotatable bonds is 5. The fourth-order valence-electron chi connectivity index (χ4n) is 2.64. The van der Waals surface area contributed by atoms with Crippen molar-refractivity contribution in [3.8, 4) is 0 Å². The van der Waals surface area contributed by atoms with Crippen LogP contribution in [0.3, 0.4) is 0 Å². The van der Waals surface area contributed by atoms with Crippen molar-refractivity contribution < 1.29 is 9.53 Å². The summed E-state index contributed by atoms with van der Waals surface area (Å²) in [4.78, 5) is 26.6. The minimum atomic E-state index is -0.221. The highest BCUT2D eigenvalue weighted by atomic mass is 16.5. The zero-order valence-electron chi connectivity index (χ0n) is 13.5. The maximum atomic E-state index is 12.3. The highest BCUT2D eigenvalue weighted by molar-refractivity contribution is 6.04. The molecule has 1 fully saturated rings. The summed E-state index contributed by atoms with van der Waals surface area (Å²) in [5, 5.41) is 2.83. The summed E-state index contributed by atoms with van der Waals surface area (Å²) in [6.07, 6.45) is 1.63. The average Bonchev–Trinajstić information content (AvgIpc) is 2.62. The molecular weight excluding hydrogens is 306 g/mol. The van der Waals surface area contributed by atoms with Crippen molar-refractivity contribution in [1.82, 2.24) is 9.47 Å². The Morgan fingerprint density at radius 1 is 1.04 bits per heavy atom. The Bertz CT molecular complexity index is 737. The first-order valence-corrected chi connectivity index (χ1v) is 8.09. The topological polar surface area (TPSA) is 63.6 Å². The maximum absolute atomic E-state index is 12.3. The molecule has 0 unspecified atom stereocenters. The van der Waals surface area contributed by atoms with Crippen molar-refractivity contribution in [2.45, 2.75) is 6.54 Å². The Morgan fingerprint density at radius 2 is 1.79 bits per heavy atom. The van der Waals surface area contributed by atoms with Crippen LogP contribution in [0.1, 0.15) is 10.4 Å². The SMILES string of the molecule is O=C(Nc1ccccc1)c1ccc(=O)n(CCN2CCOCC2)c1. The number of anilines is 1. The summed E-state index contributed by atoms with van der Waals surface area (Å²) in [6.45, 7) is 4.55. The number of morpholine rings is 1. The zero-order valence-corrected chi connectivity index (χ0v) is 13.5. The van der Waals surface area contributed by atoms with Gasteiger partial charge in [0.05, 0.1) is 18.8 Å². The molecule has 1 amide bonds. The highest BCUT2D eigenvalue weighted by Crippen LogP contribution is 2.08. The number of hydrogen-bond acceptors (Lipinski definition) is 4. The van der Waals surface area contributed by atoms with Crippen LogP contribution in [0.5, 0.6) is 0 Å². The number of aromatic nitrogens is 1. The Kier molecular flexibility index (Phi) is 5.40. The third-order valence-corrected chi connectivity index (χ3v) is 4.04. The number of carbonyl (C=O) groups is 1. The summed E-state index contributed by atoms with van der Waals surface area (Å²) >= 11 is 0. The number of hydrogen-bond donors (Lipinski definition) is 1. The molecule has 0 radical (unpaired) electrons. The largest absolute Gasteiger partial charge is 0.379 e. The average molecular weight is 327 g/mol. The summed E-state index contributed by atoms with van der Waals surface area (Å²) in [5.74, 6) is -0.221. The van der Waals surface area contributed by atoms with Gasteiger partial charge in [0, 0.05) is 44.1 Å². The van der Waals surface area contributed by atoms with E-state index in [1.165, 1.54) is 6.07 Å². The fraction of sp³-hybridized carbons (Fsp3) is 0.333. The third kappa shape index (κ3) is 4.31. The monoisotopic (exact) mass is 327 g/mol. The summed E-state index contributed by atoms with van der Waals surface area (Å²) in [5.41, 5.74) is 1.11. The van der Waals surface area contributed by atoms with Gasteiger partial charge in [-0.3, -0.25) is 14.5 Å². The molecule has 0 atom stereocenters. The Labute approximate surface area is 140 Å². The van der Waals surface area contributed by atoms with Crippen molar-refractivity contribution >= 4 is 11.6 Å². The first kappa shape index (κ1) is 16.4. The van der Waals surface area contributed by atoms with Gasteiger partial charge in [-0.05, 0) is 18.2 Å². The van der Waals surface area contributed by atoms with Gasteiger partial charge < -0.3 is 14.6 Å². The van der Waals surface area contributed by atoms with Crippen LogP contribution in [-0.2, 0) is 11.3 Å². The van der Waals surface area contributed by atoms with Crippen molar-refractivity contribution in [3.05, 3.63) is 64.6 Å². The molecule has 1 aliphatic rings. The first-order chi connectivity index (χ1) is 11.7. The van der Waals surface area contributed by atoms with Crippen molar-refractivity contribution in [2.75, 3.05) is 38.2 Å². The number of nitrogens with zero attached hydrogens (tertiary/aromatic N) is 2. The van der Waals surface area contributed by atoms with Gasteiger partial charge in [-0.25, -0.2) is 0 Å².